The number of nitrogens with zero attached hydrogens (tertiary/aromatic N) is 4. The Bertz CT molecular complexity index is 661. The molecule has 0 aliphatic rings. The minimum Gasteiger partial charge on any atom is -0.383 e. The molecule has 0 aliphatic carbocycles. The summed E-state index contributed by atoms with van der Waals surface area (Å²) in [7, 11) is 3.28. The lowest BCUT2D eigenvalue weighted by Crippen LogP contribution is -2.27. The number of rotatable bonds is 5. The van der Waals surface area contributed by atoms with Crippen LogP contribution >= 0.6 is 0 Å². The first kappa shape index (κ1) is 13.9. The quantitative estimate of drug-likeness (QED) is 0.822. The van der Waals surface area contributed by atoms with Crippen LogP contribution in [0.4, 0.5) is 5.82 Å². The van der Waals surface area contributed by atoms with Crippen molar-refractivity contribution in [3.8, 4) is 0 Å². The van der Waals surface area contributed by atoms with Gasteiger partial charge in [-0.1, -0.05) is 0 Å². The molecule has 0 atom stereocenters. The Kier molecular flexibility index (Phi) is 4.26. The monoisotopic (exact) mass is 277 g/mol. The number of carbonyl (C=O) groups excluding carboxylic acids is 1. The van der Waals surface area contributed by atoms with Crippen molar-refractivity contribution in [1.82, 2.24) is 19.6 Å². The van der Waals surface area contributed by atoms with Crippen LogP contribution in [0.2, 0.25) is 0 Å². The van der Waals surface area contributed by atoms with E-state index >= 15 is 0 Å². The predicted molar refractivity (Wildman–Crippen MR) is 71.5 cm³/mol. The third-order valence-electron chi connectivity index (χ3n) is 2.56. The molecule has 0 spiro atoms. The fourth-order valence-corrected chi connectivity index (χ4v) is 1.57. The fourth-order valence-electron chi connectivity index (χ4n) is 1.57. The Balaban J connectivity index is 2.15. The van der Waals surface area contributed by atoms with E-state index in [1.165, 1.54) is 23.9 Å². The number of hydrogen-bond donors (Lipinski definition) is 1. The highest BCUT2D eigenvalue weighted by molar-refractivity contribution is 6.02. The minimum absolute atomic E-state index is 0.145. The van der Waals surface area contributed by atoms with Crippen molar-refractivity contribution in [3.63, 3.8) is 0 Å². The van der Waals surface area contributed by atoms with Crippen LogP contribution in [0.5, 0.6) is 0 Å². The van der Waals surface area contributed by atoms with Crippen molar-refractivity contribution >= 4 is 11.7 Å². The maximum atomic E-state index is 12.0. The first-order valence-corrected chi connectivity index (χ1v) is 5.98. The molecule has 8 nitrogen and oxygen atoms in total. The molecule has 1 N–H and O–H groups in total. The van der Waals surface area contributed by atoms with Gasteiger partial charge < -0.3 is 10.1 Å². The maximum Gasteiger partial charge on any atom is 0.277 e. The summed E-state index contributed by atoms with van der Waals surface area (Å²) in [6, 6.07) is 4.35. The zero-order chi connectivity index (χ0) is 14.5. The van der Waals surface area contributed by atoms with Crippen molar-refractivity contribution in [2.75, 3.05) is 19.0 Å². The lowest BCUT2D eigenvalue weighted by atomic mass is 10.3. The average molecular weight is 277 g/mol. The van der Waals surface area contributed by atoms with Gasteiger partial charge in [-0.2, -0.15) is 10.2 Å². The van der Waals surface area contributed by atoms with Crippen molar-refractivity contribution in [2.24, 2.45) is 7.05 Å². The average Bonchev–Trinajstić information content (AvgIpc) is 2.83. The van der Waals surface area contributed by atoms with E-state index in [1.807, 2.05) is 0 Å². The SMILES string of the molecule is COCCn1nc(C(=O)Nc2ccn(C)n2)ccc1=O. The van der Waals surface area contributed by atoms with E-state index in [2.05, 4.69) is 15.5 Å². The Morgan fingerprint density at radius 1 is 1.35 bits per heavy atom. The number of amides is 1. The number of anilines is 1. The van der Waals surface area contributed by atoms with Crippen LogP contribution in [0.25, 0.3) is 0 Å². The first-order chi connectivity index (χ1) is 9.60. The molecular formula is C12H15N5O3. The van der Waals surface area contributed by atoms with E-state index in [4.69, 9.17) is 4.74 Å². The van der Waals surface area contributed by atoms with Gasteiger partial charge in [-0.25, -0.2) is 4.68 Å². The maximum absolute atomic E-state index is 12.0. The minimum atomic E-state index is -0.421. The first-order valence-electron chi connectivity index (χ1n) is 5.98. The molecule has 1 amide bonds. The molecule has 2 rings (SSSR count). The van der Waals surface area contributed by atoms with E-state index in [0.29, 0.717) is 19.0 Å². The van der Waals surface area contributed by atoms with Gasteiger partial charge in [-0.05, 0) is 6.07 Å². The van der Waals surface area contributed by atoms with Crippen LogP contribution in [0.1, 0.15) is 10.5 Å². The number of ether oxygens (including phenoxy) is 1. The number of nitrogens with one attached hydrogen (secondary N) is 1. The van der Waals surface area contributed by atoms with Crippen LogP contribution in [-0.4, -0.2) is 39.2 Å². The summed E-state index contributed by atoms with van der Waals surface area (Å²) < 4.78 is 7.65. The Labute approximate surface area is 115 Å². The molecule has 0 aromatic carbocycles. The number of aromatic nitrogens is 4. The van der Waals surface area contributed by atoms with Gasteiger partial charge in [0.15, 0.2) is 5.82 Å². The van der Waals surface area contributed by atoms with Gasteiger partial charge in [0.05, 0.1) is 13.2 Å². The second-order valence-corrected chi connectivity index (χ2v) is 4.10. The zero-order valence-electron chi connectivity index (χ0n) is 11.2. The third kappa shape index (κ3) is 3.29. The third-order valence-corrected chi connectivity index (χ3v) is 2.56. The molecule has 0 radical (unpaired) electrons. The zero-order valence-corrected chi connectivity index (χ0v) is 11.2. The van der Waals surface area contributed by atoms with E-state index < -0.39 is 5.91 Å². The molecule has 2 aromatic rings. The second kappa shape index (κ2) is 6.11. The molecule has 106 valence electrons. The highest BCUT2D eigenvalue weighted by atomic mass is 16.5. The van der Waals surface area contributed by atoms with Gasteiger partial charge >= 0.3 is 0 Å². The molecule has 2 heterocycles. The Morgan fingerprint density at radius 3 is 2.80 bits per heavy atom. The Hall–Kier alpha value is -2.48. The molecule has 0 aliphatic heterocycles. The molecule has 0 saturated carbocycles. The number of hydrogen-bond acceptors (Lipinski definition) is 5. The van der Waals surface area contributed by atoms with Gasteiger partial charge in [0.2, 0.25) is 0 Å². The van der Waals surface area contributed by atoms with Gasteiger partial charge in [-0.3, -0.25) is 14.3 Å². The second-order valence-electron chi connectivity index (χ2n) is 4.10. The van der Waals surface area contributed by atoms with Gasteiger partial charge in [0, 0.05) is 32.5 Å². The fraction of sp³-hybridized carbons (Fsp3) is 0.333. The van der Waals surface area contributed by atoms with Crippen LogP contribution in [0, 0.1) is 0 Å². The van der Waals surface area contributed by atoms with Crippen LogP contribution in [0.3, 0.4) is 0 Å². The predicted octanol–water partition coefficient (Wildman–Crippen LogP) is -0.125. The molecular weight excluding hydrogens is 262 g/mol. The van der Waals surface area contributed by atoms with Crippen molar-refractivity contribution in [2.45, 2.75) is 6.54 Å². The van der Waals surface area contributed by atoms with E-state index in [0.717, 1.165) is 0 Å². The molecule has 0 fully saturated rings. The van der Waals surface area contributed by atoms with Crippen LogP contribution < -0.4 is 10.9 Å². The number of aryl methyl sites for hydroxylation is 1. The highest BCUT2D eigenvalue weighted by Crippen LogP contribution is 2.03. The van der Waals surface area contributed by atoms with Gasteiger partial charge in [-0.15, -0.1) is 0 Å². The summed E-state index contributed by atoms with van der Waals surface area (Å²) in [5, 5.41) is 10.6. The highest BCUT2D eigenvalue weighted by Gasteiger charge is 2.11. The molecule has 20 heavy (non-hydrogen) atoms. The van der Waals surface area contributed by atoms with E-state index in [9.17, 15) is 9.59 Å². The summed E-state index contributed by atoms with van der Waals surface area (Å²) in [4.78, 5) is 23.6. The topological polar surface area (TPSA) is 91.0 Å². The molecule has 8 heteroatoms. The van der Waals surface area contributed by atoms with E-state index in [-0.39, 0.29) is 11.3 Å². The summed E-state index contributed by atoms with van der Waals surface area (Å²) in [6.45, 7) is 0.637. The largest absolute Gasteiger partial charge is 0.383 e. The standard InChI is InChI=1S/C12H15N5O3/c1-16-6-5-10(15-16)13-12(19)9-3-4-11(18)17(14-9)7-8-20-2/h3-6H,7-8H2,1-2H3,(H,13,15,19). The van der Waals surface area contributed by atoms with Crippen molar-refractivity contribution in [1.29, 1.82) is 0 Å². The molecule has 0 unspecified atom stereocenters. The van der Waals surface area contributed by atoms with Gasteiger partial charge in [0.25, 0.3) is 11.5 Å². The number of carbonyl (C=O) groups is 1. The lowest BCUT2D eigenvalue weighted by molar-refractivity contribution is 0.101. The van der Waals surface area contributed by atoms with E-state index in [1.54, 1.807) is 24.0 Å². The lowest BCUT2D eigenvalue weighted by Gasteiger charge is -2.06. The van der Waals surface area contributed by atoms with Gasteiger partial charge in [0.1, 0.15) is 5.69 Å². The Morgan fingerprint density at radius 2 is 2.15 bits per heavy atom. The summed E-state index contributed by atoms with van der Waals surface area (Å²) >= 11 is 0. The van der Waals surface area contributed by atoms with Crippen LogP contribution in [0.15, 0.2) is 29.2 Å². The van der Waals surface area contributed by atoms with Crippen molar-refractivity contribution in [3.05, 3.63) is 40.4 Å². The van der Waals surface area contributed by atoms with Crippen molar-refractivity contribution < 1.29 is 9.53 Å². The summed E-state index contributed by atoms with van der Waals surface area (Å²) in [6.07, 6.45) is 1.71. The summed E-state index contributed by atoms with van der Waals surface area (Å²) in [5.74, 6) is 0.00353. The molecule has 0 saturated heterocycles. The molecule has 2 aromatic heterocycles. The smallest absolute Gasteiger partial charge is 0.277 e. The van der Waals surface area contributed by atoms with Crippen LogP contribution in [-0.2, 0) is 18.3 Å². The number of methoxy groups -OCH3 is 1. The summed E-state index contributed by atoms with van der Waals surface area (Å²) in [5.41, 5.74) is -0.136. The molecule has 0 bridgehead atoms. The normalized spacial score (nSPS) is 10.5.